The second-order valence-corrected chi connectivity index (χ2v) is 7.43. The van der Waals surface area contributed by atoms with Crippen LogP contribution in [0.3, 0.4) is 0 Å². The first-order valence-electron chi connectivity index (χ1n) is 8.01. The first-order chi connectivity index (χ1) is 9.31. The largest absolute Gasteiger partial charge is 0.330 e. The highest BCUT2D eigenvalue weighted by Gasteiger charge is 2.28. The van der Waals surface area contributed by atoms with E-state index in [1.807, 2.05) is 11.3 Å². The fraction of sp³-hybridized carbons (Fsp3) is 0.812. The second-order valence-electron chi connectivity index (χ2n) is 6.31. The average molecular weight is 278 g/mol. The Morgan fingerprint density at radius 2 is 2.00 bits per heavy atom. The molecule has 1 unspecified atom stereocenters. The van der Waals surface area contributed by atoms with E-state index in [1.54, 1.807) is 4.88 Å². The lowest BCUT2D eigenvalue weighted by Crippen LogP contribution is -2.18. The predicted octanol–water partition coefficient (Wildman–Crippen LogP) is 4.21. The summed E-state index contributed by atoms with van der Waals surface area (Å²) in [6.07, 6.45) is 10.7. The molecule has 1 saturated carbocycles. The summed E-state index contributed by atoms with van der Waals surface area (Å²) in [7, 11) is 0. The fourth-order valence-electron chi connectivity index (χ4n) is 3.75. The van der Waals surface area contributed by atoms with Gasteiger partial charge in [-0.05, 0) is 50.9 Å². The van der Waals surface area contributed by atoms with E-state index < -0.39 is 0 Å². The van der Waals surface area contributed by atoms with Gasteiger partial charge in [-0.25, -0.2) is 4.98 Å². The highest BCUT2D eigenvalue weighted by molar-refractivity contribution is 7.11. The minimum Gasteiger partial charge on any atom is -0.330 e. The third-order valence-electron chi connectivity index (χ3n) is 5.15. The Morgan fingerprint density at radius 3 is 2.68 bits per heavy atom. The van der Waals surface area contributed by atoms with Crippen molar-refractivity contribution >= 4 is 11.3 Å². The molecule has 0 aromatic carbocycles. The molecule has 1 heterocycles. The fourth-order valence-corrected chi connectivity index (χ4v) is 5.11. The van der Waals surface area contributed by atoms with Gasteiger partial charge in [-0.1, -0.05) is 13.3 Å². The van der Waals surface area contributed by atoms with Gasteiger partial charge in [0.1, 0.15) is 0 Å². The molecular weight excluding hydrogens is 252 g/mol. The predicted molar refractivity (Wildman–Crippen MR) is 81.8 cm³/mol. The summed E-state index contributed by atoms with van der Waals surface area (Å²) in [5.74, 6) is 2.26. The Kier molecular flexibility index (Phi) is 4.23. The van der Waals surface area contributed by atoms with Gasteiger partial charge in [0.15, 0.2) is 0 Å². The lowest BCUT2D eigenvalue weighted by atomic mass is 9.81. The number of aromatic nitrogens is 1. The quantitative estimate of drug-likeness (QED) is 0.899. The number of aryl methyl sites for hydroxylation is 1. The number of nitrogens with two attached hydrogens (primary N) is 1. The first-order valence-corrected chi connectivity index (χ1v) is 8.83. The van der Waals surface area contributed by atoms with E-state index in [2.05, 4.69) is 6.92 Å². The van der Waals surface area contributed by atoms with Crippen LogP contribution in [0.4, 0.5) is 0 Å². The Labute approximate surface area is 120 Å². The minimum atomic E-state index is 0.542. The SMILES string of the molecule is CCC1CCC(c2nc3c(s2)CCCC3CN)CC1. The molecule has 2 N–H and O–H groups in total. The van der Waals surface area contributed by atoms with Gasteiger partial charge in [0.05, 0.1) is 10.7 Å². The standard InChI is InChI=1S/C16H26N2S/c1-2-11-6-8-12(9-7-11)16-18-15-13(10-17)4-3-5-14(15)19-16/h11-13H,2-10,17H2,1H3. The lowest BCUT2D eigenvalue weighted by molar-refractivity contribution is 0.318. The van der Waals surface area contributed by atoms with Gasteiger partial charge in [-0.15, -0.1) is 11.3 Å². The molecule has 0 spiro atoms. The van der Waals surface area contributed by atoms with E-state index in [4.69, 9.17) is 10.7 Å². The van der Waals surface area contributed by atoms with Crippen molar-refractivity contribution in [1.29, 1.82) is 0 Å². The molecule has 1 aromatic rings. The Hall–Kier alpha value is -0.410. The molecule has 19 heavy (non-hydrogen) atoms. The van der Waals surface area contributed by atoms with Crippen molar-refractivity contribution in [3.8, 4) is 0 Å². The van der Waals surface area contributed by atoms with Crippen molar-refractivity contribution in [2.45, 2.75) is 70.1 Å². The zero-order valence-corrected chi connectivity index (χ0v) is 12.8. The molecule has 0 radical (unpaired) electrons. The van der Waals surface area contributed by atoms with Gasteiger partial charge in [0.25, 0.3) is 0 Å². The van der Waals surface area contributed by atoms with Gasteiger partial charge >= 0.3 is 0 Å². The van der Waals surface area contributed by atoms with Crippen LogP contribution < -0.4 is 5.73 Å². The topological polar surface area (TPSA) is 38.9 Å². The first kappa shape index (κ1) is 13.6. The van der Waals surface area contributed by atoms with Crippen LogP contribution in [0.25, 0.3) is 0 Å². The highest BCUT2D eigenvalue weighted by Crippen LogP contribution is 2.42. The van der Waals surface area contributed by atoms with Gasteiger partial charge in [0.2, 0.25) is 0 Å². The summed E-state index contributed by atoms with van der Waals surface area (Å²) in [6, 6.07) is 0. The van der Waals surface area contributed by atoms with Crippen molar-refractivity contribution < 1.29 is 0 Å². The molecule has 0 bridgehead atoms. The van der Waals surface area contributed by atoms with Crippen molar-refractivity contribution in [1.82, 2.24) is 4.98 Å². The average Bonchev–Trinajstić information content (AvgIpc) is 2.91. The molecule has 0 saturated heterocycles. The smallest absolute Gasteiger partial charge is 0.0962 e. The number of rotatable bonds is 3. The van der Waals surface area contributed by atoms with Gasteiger partial charge in [-0.2, -0.15) is 0 Å². The maximum atomic E-state index is 5.91. The Balaban J connectivity index is 1.74. The van der Waals surface area contributed by atoms with Crippen LogP contribution in [0, 0.1) is 5.92 Å². The molecular formula is C16H26N2S. The molecule has 2 aliphatic rings. The van der Waals surface area contributed by atoms with Crippen molar-refractivity contribution in [3.63, 3.8) is 0 Å². The number of nitrogens with zero attached hydrogens (tertiary/aromatic N) is 1. The lowest BCUT2D eigenvalue weighted by Gasteiger charge is -2.26. The molecule has 2 aliphatic carbocycles. The molecule has 0 aliphatic heterocycles. The van der Waals surface area contributed by atoms with Crippen LogP contribution in [0.1, 0.15) is 79.3 Å². The normalized spacial score (nSPS) is 31.2. The second kappa shape index (κ2) is 5.92. The van der Waals surface area contributed by atoms with Crippen molar-refractivity contribution in [2.75, 3.05) is 6.54 Å². The maximum Gasteiger partial charge on any atom is 0.0962 e. The molecule has 106 valence electrons. The summed E-state index contributed by atoms with van der Waals surface area (Å²) in [5.41, 5.74) is 7.27. The maximum absolute atomic E-state index is 5.91. The number of thiazole rings is 1. The monoisotopic (exact) mass is 278 g/mol. The molecule has 3 heteroatoms. The molecule has 1 atom stereocenters. The third-order valence-corrected chi connectivity index (χ3v) is 6.44. The van der Waals surface area contributed by atoms with Gasteiger partial charge in [-0.3, -0.25) is 0 Å². The molecule has 1 aromatic heterocycles. The Bertz CT molecular complexity index is 418. The van der Waals surface area contributed by atoms with Crippen LogP contribution in [-0.4, -0.2) is 11.5 Å². The van der Waals surface area contributed by atoms with E-state index in [9.17, 15) is 0 Å². The van der Waals surface area contributed by atoms with Crippen molar-refractivity contribution in [3.05, 3.63) is 15.6 Å². The van der Waals surface area contributed by atoms with Crippen LogP contribution in [-0.2, 0) is 6.42 Å². The van der Waals surface area contributed by atoms with Crippen molar-refractivity contribution in [2.24, 2.45) is 11.7 Å². The van der Waals surface area contributed by atoms with Crippen LogP contribution in [0.2, 0.25) is 0 Å². The van der Waals surface area contributed by atoms with E-state index in [1.165, 1.54) is 62.1 Å². The van der Waals surface area contributed by atoms with E-state index in [-0.39, 0.29) is 0 Å². The summed E-state index contributed by atoms with van der Waals surface area (Å²) in [5, 5.41) is 1.43. The summed E-state index contributed by atoms with van der Waals surface area (Å²) in [6.45, 7) is 3.11. The van der Waals surface area contributed by atoms with Crippen LogP contribution in [0.5, 0.6) is 0 Å². The molecule has 3 rings (SSSR count). The summed E-state index contributed by atoms with van der Waals surface area (Å²) >= 11 is 2.00. The summed E-state index contributed by atoms with van der Waals surface area (Å²) < 4.78 is 0. The highest BCUT2D eigenvalue weighted by atomic mass is 32.1. The number of fused-ring (bicyclic) bond motifs is 1. The third kappa shape index (κ3) is 2.73. The van der Waals surface area contributed by atoms with E-state index in [0.717, 1.165) is 18.4 Å². The number of hydrogen-bond donors (Lipinski definition) is 1. The number of hydrogen-bond acceptors (Lipinski definition) is 3. The Morgan fingerprint density at radius 1 is 1.21 bits per heavy atom. The van der Waals surface area contributed by atoms with Gasteiger partial charge < -0.3 is 5.73 Å². The zero-order chi connectivity index (χ0) is 13.2. The van der Waals surface area contributed by atoms with E-state index in [0.29, 0.717) is 5.92 Å². The molecule has 2 nitrogen and oxygen atoms in total. The van der Waals surface area contributed by atoms with E-state index >= 15 is 0 Å². The molecule has 0 amide bonds. The summed E-state index contributed by atoms with van der Waals surface area (Å²) in [4.78, 5) is 6.57. The molecule has 1 fully saturated rings. The zero-order valence-electron chi connectivity index (χ0n) is 12.0. The van der Waals surface area contributed by atoms with Crippen LogP contribution in [0.15, 0.2) is 0 Å². The van der Waals surface area contributed by atoms with Crippen LogP contribution >= 0.6 is 11.3 Å². The minimum absolute atomic E-state index is 0.542. The van der Waals surface area contributed by atoms with Gasteiger partial charge in [0, 0.05) is 23.3 Å².